The number of carbonyl (C=O) groups is 2. The van der Waals surface area contributed by atoms with E-state index in [9.17, 15) is 9.59 Å². The van der Waals surface area contributed by atoms with Crippen molar-refractivity contribution in [1.82, 2.24) is 0 Å². The first-order valence-electron chi connectivity index (χ1n) is 7.61. The van der Waals surface area contributed by atoms with E-state index in [1.807, 2.05) is 25.1 Å². The maximum absolute atomic E-state index is 12.4. The molecule has 1 aromatic carbocycles. The molecule has 0 radical (unpaired) electrons. The summed E-state index contributed by atoms with van der Waals surface area (Å²) in [4.78, 5) is 29.6. The lowest BCUT2D eigenvalue weighted by atomic mass is 9.74. The predicted octanol–water partition coefficient (Wildman–Crippen LogP) is 2.99. The number of hydrogen-bond acceptors (Lipinski definition) is 3. The standard InChI is InChI=1S/C18H21NO2/c1-11-8-14(20)16(15(21)9-11)17-13-7-5-4-6-12(13)10-18(2,3)19-17/h4-7,11,16H,8-10H2,1-3H3. The molecule has 1 heterocycles. The van der Waals surface area contributed by atoms with Crippen molar-refractivity contribution in [3.05, 3.63) is 35.4 Å². The number of hydrogen-bond donors (Lipinski definition) is 0. The summed E-state index contributed by atoms with van der Waals surface area (Å²) in [6.45, 7) is 6.08. The fourth-order valence-electron chi connectivity index (χ4n) is 3.52. The molecule has 3 heteroatoms. The number of nitrogens with zero attached hydrogens (tertiary/aromatic N) is 1. The lowest BCUT2D eigenvalue weighted by Gasteiger charge is -2.33. The Morgan fingerprint density at radius 2 is 1.71 bits per heavy atom. The molecule has 2 aliphatic rings. The van der Waals surface area contributed by atoms with E-state index in [1.54, 1.807) is 0 Å². The van der Waals surface area contributed by atoms with Crippen LogP contribution in [0, 0.1) is 11.8 Å². The van der Waals surface area contributed by atoms with E-state index in [0.717, 1.165) is 12.0 Å². The van der Waals surface area contributed by atoms with E-state index in [4.69, 9.17) is 4.99 Å². The smallest absolute Gasteiger partial charge is 0.149 e. The van der Waals surface area contributed by atoms with Crippen molar-refractivity contribution in [3.8, 4) is 0 Å². The molecule has 110 valence electrons. The lowest BCUT2D eigenvalue weighted by Crippen LogP contribution is -2.42. The lowest BCUT2D eigenvalue weighted by molar-refractivity contribution is -0.134. The van der Waals surface area contributed by atoms with Crippen molar-refractivity contribution < 1.29 is 9.59 Å². The summed E-state index contributed by atoms with van der Waals surface area (Å²) in [5, 5.41) is 0. The number of carbonyl (C=O) groups excluding carboxylic acids is 2. The second-order valence-electron chi connectivity index (χ2n) is 7.02. The summed E-state index contributed by atoms with van der Waals surface area (Å²) in [6.07, 6.45) is 1.81. The maximum atomic E-state index is 12.4. The number of aliphatic imine (C=N–C) groups is 1. The Balaban J connectivity index is 2.09. The zero-order chi connectivity index (χ0) is 15.2. The molecular formula is C18H21NO2. The summed E-state index contributed by atoms with van der Waals surface area (Å²) in [7, 11) is 0. The highest BCUT2D eigenvalue weighted by molar-refractivity contribution is 6.27. The van der Waals surface area contributed by atoms with Gasteiger partial charge in [-0.15, -0.1) is 0 Å². The third-order valence-electron chi connectivity index (χ3n) is 4.36. The van der Waals surface area contributed by atoms with E-state index in [0.29, 0.717) is 18.6 Å². The first-order chi connectivity index (χ1) is 9.87. The second-order valence-corrected chi connectivity index (χ2v) is 7.02. The molecule has 1 aromatic rings. The van der Waals surface area contributed by atoms with Crippen molar-refractivity contribution in [3.63, 3.8) is 0 Å². The number of rotatable bonds is 1. The van der Waals surface area contributed by atoms with Crippen LogP contribution in [0.25, 0.3) is 0 Å². The van der Waals surface area contributed by atoms with Crippen molar-refractivity contribution in [2.45, 2.75) is 45.6 Å². The van der Waals surface area contributed by atoms with Crippen LogP contribution in [0.5, 0.6) is 0 Å². The van der Waals surface area contributed by atoms with Gasteiger partial charge in [-0.1, -0.05) is 31.2 Å². The summed E-state index contributed by atoms with van der Waals surface area (Å²) in [6, 6.07) is 8.02. The molecule has 21 heavy (non-hydrogen) atoms. The predicted molar refractivity (Wildman–Crippen MR) is 82.7 cm³/mol. The Morgan fingerprint density at radius 3 is 2.38 bits per heavy atom. The molecule has 0 aromatic heterocycles. The first kappa shape index (κ1) is 14.2. The topological polar surface area (TPSA) is 46.5 Å². The normalized spacial score (nSPS) is 28.0. The van der Waals surface area contributed by atoms with Gasteiger partial charge in [-0.25, -0.2) is 0 Å². The molecule has 0 amide bonds. The minimum absolute atomic E-state index is 0.0324. The highest BCUT2D eigenvalue weighted by atomic mass is 16.2. The summed E-state index contributed by atoms with van der Waals surface area (Å²) in [5.41, 5.74) is 2.61. The van der Waals surface area contributed by atoms with Gasteiger partial charge < -0.3 is 0 Å². The minimum Gasteiger partial charge on any atom is -0.298 e. The minimum atomic E-state index is -0.651. The van der Waals surface area contributed by atoms with Crippen LogP contribution >= 0.6 is 0 Å². The van der Waals surface area contributed by atoms with E-state index in [1.165, 1.54) is 5.56 Å². The first-order valence-corrected chi connectivity index (χ1v) is 7.61. The number of benzene rings is 1. The molecule has 0 bridgehead atoms. The quantitative estimate of drug-likeness (QED) is 0.744. The van der Waals surface area contributed by atoms with E-state index >= 15 is 0 Å². The zero-order valence-electron chi connectivity index (χ0n) is 12.8. The molecule has 1 saturated carbocycles. The molecule has 0 unspecified atom stereocenters. The van der Waals surface area contributed by atoms with E-state index in [-0.39, 0.29) is 23.0 Å². The molecule has 0 saturated heterocycles. The Labute approximate surface area is 125 Å². The molecule has 0 N–H and O–H groups in total. The van der Waals surface area contributed by atoms with Crippen molar-refractivity contribution in [1.29, 1.82) is 0 Å². The maximum Gasteiger partial charge on any atom is 0.149 e. The summed E-state index contributed by atoms with van der Waals surface area (Å²) in [5.74, 6) is -0.425. The highest BCUT2D eigenvalue weighted by Gasteiger charge is 2.40. The Kier molecular flexibility index (Phi) is 3.31. The van der Waals surface area contributed by atoms with Crippen molar-refractivity contribution in [2.75, 3.05) is 0 Å². The zero-order valence-corrected chi connectivity index (χ0v) is 12.8. The molecule has 1 aliphatic heterocycles. The third-order valence-corrected chi connectivity index (χ3v) is 4.36. The average molecular weight is 283 g/mol. The third kappa shape index (κ3) is 2.57. The fourth-order valence-corrected chi connectivity index (χ4v) is 3.52. The average Bonchev–Trinajstić information content (AvgIpc) is 2.36. The van der Waals surface area contributed by atoms with Gasteiger partial charge in [-0.05, 0) is 31.7 Å². The van der Waals surface area contributed by atoms with Gasteiger partial charge >= 0.3 is 0 Å². The summed E-state index contributed by atoms with van der Waals surface area (Å²) >= 11 is 0. The van der Waals surface area contributed by atoms with Crippen LogP contribution in [0.1, 0.15) is 44.7 Å². The molecule has 3 nitrogen and oxygen atoms in total. The molecule has 1 fully saturated rings. The van der Waals surface area contributed by atoms with Crippen molar-refractivity contribution >= 4 is 17.3 Å². The van der Waals surface area contributed by atoms with Gasteiger partial charge in [-0.2, -0.15) is 0 Å². The fraction of sp³-hybridized carbons (Fsp3) is 0.500. The molecule has 1 aliphatic carbocycles. The SMILES string of the molecule is CC1CC(=O)C(C2=NC(C)(C)Cc3ccccc32)C(=O)C1. The molecular weight excluding hydrogens is 262 g/mol. The number of fused-ring (bicyclic) bond motifs is 1. The Hall–Kier alpha value is -1.77. The Bertz CT molecular complexity index is 624. The van der Waals surface area contributed by atoms with E-state index < -0.39 is 5.92 Å². The van der Waals surface area contributed by atoms with Crippen LogP contribution in [0.15, 0.2) is 29.3 Å². The highest BCUT2D eigenvalue weighted by Crippen LogP contribution is 2.33. The van der Waals surface area contributed by atoms with Gasteiger partial charge in [0.05, 0.1) is 11.3 Å². The van der Waals surface area contributed by atoms with Crippen LogP contribution in [-0.2, 0) is 16.0 Å². The monoisotopic (exact) mass is 283 g/mol. The van der Waals surface area contributed by atoms with Crippen LogP contribution in [0.2, 0.25) is 0 Å². The van der Waals surface area contributed by atoms with Gasteiger partial charge in [-0.3, -0.25) is 14.6 Å². The van der Waals surface area contributed by atoms with Gasteiger partial charge in [0, 0.05) is 18.4 Å². The van der Waals surface area contributed by atoms with Crippen molar-refractivity contribution in [2.24, 2.45) is 16.8 Å². The van der Waals surface area contributed by atoms with Crippen LogP contribution < -0.4 is 0 Å². The Morgan fingerprint density at radius 1 is 1.10 bits per heavy atom. The molecule has 0 spiro atoms. The largest absolute Gasteiger partial charge is 0.298 e. The molecule has 0 atom stereocenters. The van der Waals surface area contributed by atoms with E-state index in [2.05, 4.69) is 19.9 Å². The summed E-state index contributed by atoms with van der Waals surface area (Å²) < 4.78 is 0. The van der Waals surface area contributed by atoms with Gasteiger partial charge in [0.15, 0.2) is 0 Å². The van der Waals surface area contributed by atoms with Gasteiger partial charge in [0.1, 0.15) is 17.5 Å². The van der Waals surface area contributed by atoms with Crippen LogP contribution in [0.3, 0.4) is 0 Å². The number of Topliss-reactive ketones (excluding diaryl/α,β-unsaturated/α-hetero) is 2. The second kappa shape index (κ2) is 4.90. The van der Waals surface area contributed by atoms with Gasteiger partial charge in [0.2, 0.25) is 0 Å². The van der Waals surface area contributed by atoms with Gasteiger partial charge in [0.25, 0.3) is 0 Å². The number of ketones is 2. The van der Waals surface area contributed by atoms with Crippen LogP contribution in [0.4, 0.5) is 0 Å². The van der Waals surface area contributed by atoms with Crippen LogP contribution in [-0.4, -0.2) is 22.8 Å². The molecule has 3 rings (SSSR count).